The lowest BCUT2D eigenvalue weighted by Gasteiger charge is -2.35. The molecule has 1 rings (SSSR count). The summed E-state index contributed by atoms with van der Waals surface area (Å²) in [5, 5.41) is 8.96. The van der Waals surface area contributed by atoms with Crippen molar-refractivity contribution in [2.24, 2.45) is 0 Å². The number of carboxylic acids is 1. The molecule has 0 unspecified atom stereocenters. The molecule has 20 heavy (non-hydrogen) atoms. The topological polar surface area (TPSA) is 49.3 Å². The molecule has 2 N–H and O–H groups in total. The quantitative estimate of drug-likeness (QED) is 0.413. The lowest BCUT2D eigenvalue weighted by Crippen LogP contribution is -2.60. The molecule has 0 spiro atoms. The Kier molecular flexibility index (Phi) is 5.90. The van der Waals surface area contributed by atoms with Crippen LogP contribution in [0.2, 0.25) is 0 Å². The number of aromatic carboxylic acids is 1. The molecule has 0 saturated heterocycles. The molecular weight excluding hydrogens is 252 g/mol. The van der Waals surface area contributed by atoms with Gasteiger partial charge in [0.2, 0.25) is 0 Å². The fraction of sp³-hybridized carbons (Fsp3) is 0.188. The monoisotopic (exact) mass is 273 g/mol. The Bertz CT molecular complexity index is 482. The minimum absolute atomic E-state index is 0.271. The molecule has 0 atom stereocenters. The number of carbonyl (C=O) groups is 1. The molecule has 0 aliphatic heterocycles. The first kappa shape index (κ1) is 15.9. The third kappa shape index (κ3) is 3.66. The average Bonchev–Trinajstić information content (AvgIpc) is 2.45. The Balaban J connectivity index is 3.18. The van der Waals surface area contributed by atoms with Crippen LogP contribution < -0.4 is 10.0 Å². The smallest absolute Gasteiger partial charge is 0.335 e. The highest BCUT2D eigenvalue weighted by atomic mass is 16.4. The number of hydrogen-bond donors (Lipinski definition) is 2. The Morgan fingerprint density at radius 3 is 2.05 bits per heavy atom. The van der Waals surface area contributed by atoms with Crippen molar-refractivity contribution in [1.29, 1.82) is 0 Å². The van der Waals surface area contributed by atoms with Crippen LogP contribution in [0, 0.1) is 0 Å². The number of nitrogens with zero attached hydrogens (tertiary/aromatic N) is 1. The van der Waals surface area contributed by atoms with Gasteiger partial charge in [0, 0.05) is 12.1 Å². The van der Waals surface area contributed by atoms with Crippen LogP contribution in [0.5, 0.6) is 0 Å². The summed E-state index contributed by atoms with van der Waals surface area (Å²) in [6.45, 7) is 13.3. The highest BCUT2D eigenvalue weighted by Gasteiger charge is 2.27. The molecule has 0 aliphatic rings. The molecule has 0 saturated carbocycles. The first-order chi connectivity index (χ1) is 9.59. The van der Waals surface area contributed by atoms with Crippen molar-refractivity contribution in [2.75, 3.05) is 19.6 Å². The van der Waals surface area contributed by atoms with E-state index in [2.05, 4.69) is 25.2 Å². The van der Waals surface area contributed by atoms with Gasteiger partial charge in [0.1, 0.15) is 13.1 Å². The van der Waals surface area contributed by atoms with Crippen molar-refractivity contribution >= 4 is 11.7 Å². The molecule has 0 amide bonds. The summed E-state index contributed by atoms with van der Waals surface area (Å²) in [5.41, 5.74) is 4.61. The Labute approximate surface area is 119 Å². The largest absolute Gasteiger partial charge is 0.478 e. The maximum atomic E-state index is 10.9. The number of nitrogens with one attached hydrogen (secondary N) is 1. The molecule has 106 valence electrons. The maximum Gasteiger partial charge on any atom is 0.335 e. The third-order valence-corrected chi connectivity index (χ3v) is 3.03. The minimum atomic E-state index is -0.929. The normalized spacial score (nSPS) is 10.8. The summed E-state index contributed by atoms with van der Waals surface area (Å²) in [6.07, 6.45) is 5.43. The van der Waals surface area contributed by atoms with E-state index < -0.39 is 5.97 Å². The first-order valence-corrected chi connectivity index (χ1v) is 6.38. The molecule has 0 bridgehead atoms. The van der Waals surface area contributed by atoms with Crippen molar-refractivity contribution in [2.45, 2.75) is 0 Å². The van der Waals surface area contributed by atoms with E-state index in [-0.39, 0.29) is 5.56 Å². The van der Waals surface area contributed by atoms with Crippen LogP contribution in [0.3, 0.4) is 0 Å². The number of benzene rings is 1. The second kappa shape index (κ2) is 7.43. The fourth-order valence-electron chi connectivity index (χ4n) is 2.08. The Hall–Kier alpha value is -2.17. The van der Waals surface area contributed by atoms with E-state index in [4.69, 9.17) is 5.11 Å². The maximum absolute atomic E-state index is 10.9. The summed E-state index contributed by atoms with van der Waals surface area (Å²) in [4.78, 5) is 10.9. The van der Waals surface area contributed by atoms with E-state index in [0.29, 0.717) is 24.2 Å². The van der Waals surface area contributed by atoms with E-state index in [9.17, 15) is 4.79 Å². The van der Waals surface area contributed by atoms with Gasteiger partial charge in [-0.3, -0.25) is 0 Å². The summed E-state index contributed by atoms with van der Waals surface area (Å²) in [7, 11) is 0. The zero-order valence-electron chi connectivity index (χ0n) is 11.6. The molecule has 0 aromatic heterocycles. The van der Waals surface area contributed by atoms with Crippen molar-refractivity contribution in [3.05, 3.63) is 67.8 Å². The molecule has 0 fully saturated rings. The van der Waals surface area contributed by atoms with Crippen molar-refractivity contribution in [3.8, 4) is 0 Å². The van der Waals surface area contributed by atoms with Gasteiger partial charge in [0.25, 0.3) is 0 Å². The average molecular weight is 273 g/mol. The van der Waals surface area contributed by atoms with Crippen molar-refractivity contribution in [3.63, 3.8) is 0 Å². The lowest BCUT2D eigenvalue weighted by atomic mass is 10.2. The number of rotatable bonds is 9. The van der Waals surface area contributed by atoms with Gasteiger partial charge in [0.05, 0.1) is 12.1 Å². The van der Waals surface area contributed by atoms with Crippen LogP contribution in [0.1, 0.15) is 10.4 Å². The van der Waals surface area contributed by atoms with Gasteiger partial charge in [-0.1, -0.05) is 19.2 Å². The third-order valence-electron chi connectivity index (χ3n) is 3.03. The summed E-state index contributed by atoms with van der Waals surface area (Å²) in [5.74, 6) is -0.929. The molecule has 0 heterocycles. The van der Waals surface area contributed by atoms with Crippen molar-refractivity contribution in [1.82, 2.24) is 10.0 Å². The zero-order chi connectivity index (χ0) is 15.0. The second-order valence-corrected chi connectivity index (χ2v) is 4.41. The minimum Gasteiger partial charge on any atom is -0.478 e. The van der Waals surface area contributed by atoms with E-state index in [0.717, 1.165) is 5.69 Å². The predicted octanol–water partition coefficient (Wildman–Crippen LogP) is 2.75. The van der Waals surface area contributed by atoms with Crippen LogP contribution in [0.15, 0.2) is 62.2 Å². The predicted molar refractivity (Wildman–Crippen MR) is 83.5 cm³/mol. The van der Waals surface area contributed by atoms with E-state index in [1.807, 2.05) is 24.3 Å². The van der Waals surface area contributed by atoms with Gasteiger partial charge in [0.15, 0.2) is 5.69 Å². The van der Waals surface area contributed by atoms with Gasteiger partial charge >= 0.3 is 5.97 Å². The Morgan fingerprint density at radius 2 is 1.65 bits per heavy atom. The fourth-order valence-corrected chi connectivity index (χ4v) is 2.08. The van der Waals surface area contributed by atoms with Crippen LogP contribution in [-0.2, 0) is 0 Å². The van der Waals surface area contributed by atoms with Crippen LogP contribution in [0.4, 0.5) is 5.69 Å². The van der Waals surface area contributed by atoms with E-state index in [1.165, 1.54) is 0 Å². The van der Waals surface area contributed by atoms with Gasteiger partial charge < -0.3 is 5.11 Å². The van der Waals surface area contributed by atoms with E-state index >= 15 is 0 Å². The second-order valence-electron chi connectivity index (χ2n) is 4.41. The summed E-state index contributed by atoms with van der Waals surface area (Å²) >= 11 is 0. The van der Waals surface area contributed by atoms with Crippen molar-refractivity contribution < 1.29 is 9.90 Å². The molecule has 4 heteroatoms. The van der Waals surface area contributed by atoms with E-state index in [1.54, 1.807) is 18.2 Å². The molecule has 4 nitrogen and oxygen atoms in total. The Morgan fingerprint density at radius 1 is 1.10 bits per heavy atom. The SMILES string of the molecule is C=CCN[N+](CC=C)(CC=C)c1ccc(C(=O)O)cc1. The van der Waals surface area contributed by atoms with Gasteiger partial charge in [-0.25, -0.2) is 9.39 Å². The van der Waals surface area contributed by atoms with Crippen LogP contribution in [-0.4, -0.2) is 30.7 Å². The first-order valence-electron chi connectivity index (χ1n) is 6.38. The number of quaternary nitrogens is 1. The van der Waals surface area contributed by atoms with Gasteiger partial charge in [-0.2, -0.15) is 5.43 Å². The highest BCUT2D eigenvalue weighted by molar-refractivity contribution is 5.87. The molecule has 0 radical (unpaired) electrons. The summed E-state index contributed by atoms with van der Waals surface area (Å²) in [6, 6.07) is 6.83. The molecular formula is C16H21N2O2+. The molecule has 1 aromatic rings. The standard InChI is InChI=1S/C16H20N2O2/c1-4-11-17-18(12-5-2,13-6-3)15-9-7-14(8-10-15)16(19)20/h4-10,17H,1-3,11-13H2/p+1. The number of carboxylic acid groups (broad SMARTS) is 1. The summed E-state index contributed by atoms with van der Waals surface area (Å²) < 4.78 is 0.429. The van der Waals surface area contributed by atoms with Gasteiger partial charge in [-0.05, 0) is 24.3 Å². The molecule has 0 aliphatic carbocycles. The number of hydrogen-bond acceptors (Lipinski definition) is 2. The zero-order valence-corrected chi connectivity index (χ0v) is 11.6. The highest BCUT2D eigenvalue weighted by Crippen LogP contribution is 2.22. The van der Waals surface area contributed by atoms with Gasteiger partial charge in [-0.15, -0.1) is 6.58 Å². The van der Waals surface area contributed by atoms with Crippen LogP contribution in [0.25, 0.3) is 0 Å². The van der Waals surface area contributed by atoms with Crippen LogP contribution >= 0.6 is 0 Å². The lowest BCUT2D eigenvalue weighted by molar-refractivity contribution is 0.0697. The molecule has 1 aromatic carbocycles.